The van der Waals surface area contributed by atoms with E-state index in [0.29, 0.717) is 11.9 Å². The molecular weight excluding hydrogens is 228 g/mol. The number of anilines is 2. The third-order valence-corrected chi connectivity index (χ3v) is 3.15. The Kier molecular flexibility index (Phi) is 4.75. The molecule has 1 atom stereocenters. The highest BCUT2D eigenvalue weighted by Crippen LogP contribution is 2.16. The molecule has 0 aliphatic carbocycles. The number of aromatic nitrogens is 2. The number of nitrogen functional groups attached to an aromatic ring is 1. The standard InChI is InChI=1S/C13H22N4O/c1-2-12-16-11(14)9-13(17-12)15-7-6-10-5-3-4-8-18-10/h9-10H,2-8H2,1H3,(H3,14,15,16,17). The van der Waals surface area contributed by atoms with Gasteiger partial charge in [-0.1, -0.05) is 6.92 Å². The van der Waals surface area contributed by atoms with Gasteiger partial charge in [-0.3, -0.25) is 0 Å². The van der Waals surface area contributed by atoms with Crippen molar-refractivity contribution in [3.8, 4) is 0 Å². The quantitative estimate of drug-likeness (QED) is 0.836. The van der Waals surface area contributed by atoms with Gasteiger partial charge in [0.25, 0.3) is 0 Å². The van der Waals surface area contributed by atoms with E-state index < -0.39 is 0 Å². The van der Waals surface area contributed by atoms with E-state index >= 15 is 0 Å². The minimum atomic E-state index is 0.399. The van der Waals surface area contributed by atoms with Crippen molar-refractivity contribution in [1.82, 2.24) is 9.97 Å². The molecule has 1 fully saturated rings. The molecule has 2 heterocycles. The zero-order valence-corrected chi connectivity index (χ0v) is 11.0. The molecule has 3 N–H and O–H groups in total. The van der Waals surface area contributed by atoms with Crippen molar-refractivity contribution < 1.29 is 4.74 Å². The Bertz CT molecular complexity index is 377. The molecule has 1 aromatic rings. The molecule has 0 bridgehead atoms. The van der Waals surface area contributed by atoms with Gasteiger partial charge in [0.05, 0.1) is 6.10 Å². The molecule has 18 heavy (non-hydrogen) atoms. The van der Waals surface area contributed by atoms with Crippen molar-refractivity contribution in [3.05, 3.63) is 11.9 Å². The van der Waals surface area contributed by atoms with Crippen LogP contribution in [0.15, 0.2) is 6.07 Å². The van der Waals surface area contributed by atoms with Gasteiger partial charge in [-0.2, -0.15) is 0 Å². The number of aryl methyl sites for hydroxylation is 1. The highest BCUT2D eigenvalue weighted by molar-refractivity contribution is 5.44. The normalized spacial score (nSPS) is 19.7. The first-order chi connectivity index (χ1) is 8.78. The van der Waals surface area contributed by atoms with Crippen molar-refractivity contribution in [2.75, 3.05) is 24.2 Å². The van der Waals surface area contributed by atoms with Gasteiger partial charge < -0.3 is 15.8 Å². The van der Waals surface area contributed by atoms with Gasteiger partial charge in [0, 0.05) is 25.6 Å². The zero-order chi connectivity index (χ0) is 12.8. The topological polar surface area (TPSA) is 73.1 Å². The van der Waals surface area contributed by atoms with E-state index in [1.54, 1.807) is 6.07 Å². The van der Waals surface area contributed by atoms with Gasteiger partial charge in [-0.15, -0.1) is 0 Å². The van der Waals surface area contributed by atoms with E-state index in [1.165, 1.54) is 19.3 Å². The van der Waals surface area contributed by atoms with Crippen molar-refractivity contribution >= 4 is 11.6 Å². The van der Waals surface area contributed by atoms with Crippen LogP contribution in [-0.4, -0.2) is 29.2 Å². The van der Waals surface area contributed by atoms with Crippen LogP contribution in [0, 0.1) is 0 Å². The van der Waals surface area contributed by atoms with Crippen LogP contribution in [0.4, 0.5) is 11.6 Å². The fourth-order valence-electron chi connectivity index (χ4n) is 2.16. The average Bonchev–Trinajstić information content (AvgIpc) is 2.39. The summed E-state index contributed by atoms with van der Waals surface area (Å²) in [6.45, 7) is 3.80. The van der Waals surface area contributed by atoms with E-state index in [1.807, 2.05) is 6.92 Å². The van der Waals surface area contributed by atoms with Gasteiger partial charge in [-0.25, -0.2) is 9.97 Å². The first-order valence-electron chi connectivity index (χ1n) is 6.77. The summed E-state index contributed by atoms with van der Waals surface area (Å²) in [6, 6.07) is 1.78. The Labute approximate surface area is 108 Å². The average molecular weight is 250 g/mol. The molecular formula is C13H22N4O. The minimum absolute atomic E-state index is 0.399. The second-order valence-corrected chi connectivity index (χ2v) is 4.65. The van der Waals surface area contributed by atoms with Crippen LogP contribution in [0.5, 0.6) is 0 Å². The predicted molar refractivity (Wildman–Crippen MR) is 72.5 cm³/mol. The number of hydrogen-bond donors (Lipinski definition) is 2. The molecule has 1 saturated heterocycles. The Morgan fingerprint density at radius 3 is 3.06 bits per heavy atom. The third kappa shape index (κ3) is 3.84. The number of hydrogen-bond acceptors (Lipinski definition) is 5. The van der Waals surface area contributed by atoms with Crippen LogP contribution < -0.4 is 11.1 Å². The Morgan fingerprint density at radius 2 is 2.33 bits per heavy atom. The first-order valence-corrected chi connectivity index (χ1v) is 6.77. The Hall–Kier alpha value is -1.36. The maximum absolute atomic E-state index is 5.73. The number of ether oxygens (including phenoxy) is 1. The smallest absolute Gasteiger partial charge is 0.132 e. The lowest BCUT2D eigenvalue weighted by molar-refractivity contribution is 0.0134. The van der Waals surface area contributed by atoms with E-state index in [9.17, 15) is 0 Å². The van der Waals surface area contributed by atoms with Crippen LogP contribution >= 0.6 is 0 Å². The first kappa shape index (κ1) is 13.1. The lowest BCUT2D eigenvalue weighted by atomic mass is 10.1. The number of nitrogens with one attached hydrogen (secondary N) is 1. The molecule has 1 aromatic heterocycles. The van der Waals surface area contributed by atoms with E-state index in [0.717, 1.165) is 37.6 Å². The predicted octanol–water partition coefficient (Wildman–Crippen LogP) is 1.99. The molecule has 5 heteroatoms. The molecule has 0 aromatic carbocycles. The lowest BCUT2D eigenvalue weighted by Gasteiger charge is -2.22. The summed E-state index contributed by atoms with van der Waals surface area (Å²) in [5.41, 5.74) is 5.73. The summed E-state index contributed by atoms with van der Waals surface area (Å²) in [7, 11) is 0. The summed E-state index contributed by atoms with van der Waals surface area (Å²) < 4.78 is 5.69. The molecule has 0 radical (unpaired) electrons. The zero-order valence-electron chi connectivity index (χ0n) is 11.0. The van der Waals surface area contributed by atoms with Gasteiger partial charge >= 0.3 is 0 Å². The van der Waals surface area contributed by atoms with Gasteiger partial charge in [-0.05, 0) is 25.7 Å². The summed E-state index contributed by atoms with van der Waals surface area (Å²) in [6.07, 6.45) is 5.87. The summed E-state index contributed by atoms with van der Waals surface area (Å²) in [4.78, 5) is 8.54. The van der Waals surface area contributed by atoms with E-state index in [2.05, 4.69) is 15.3 Å². The minimum Gasteiger partial charge on any atom is -0.384 e. The molecule has 5 nitrogen and oxygen atoms in total. The van der Waals surface area contributed by atoms with Crippen LogP contribution in [0.2, 0.25) is 0 Å². The maximum Gasteiger partial charge on any atom is 0.132 e. The molecule has 2 rings (SSSR count). The van der Waals surface area contributed by atoms with E-state index in [4.69, 9.17) is 10.5 Å². The SMILES string of the molecule is CCc1nc(N)cc(NCCC2CCCCO2)n1. The largest absolute Gasteiger partial charge is 0.384 e. The molecule has 1 unspecified atom stereocenters. The monoisotopic (exact) mass is 250 g/mol. The fraction of sp³-hybridized carbons (Fsp3) is 0.692. The maximum atomic E-state index is 5.73. The number of nitrogens with two attached hydrogens (primary N) is 1. The second kappa shape index (κ2) is 6.54. The molecule has 0 amide bonds. The van der Waals surface area contributed by atoms with Gasteiger partial charge in [0.2, 0.25) is 0 Å². The number of rotatable bonds is 5. The molecule has 0 spiro atoms. The van der Waals surface area contributed by atoms with Crippen molar-refractivity contribution in [1.29, 1.82) is 0 Å². The van der Waals surface area contributed by atoms with Crippen LogP contribution in [0.3, 0.4) is 0 Å². The molecule has 100 valence electrons. The lowest BCUT2D eigenvalue weighted by Crippen LogP contribution is -2.22. The van der Waals surface area contributed by atoms with Gasteiger partial charge in [0.15, 0.2) is 0 Å². The highest BCUT2D eigenvalue weighted by atomic mass is 16.5. The fourth-order valence-corrected chi connectivity index (χ4v) is 2.16. The highest BCUT2D eigenvalue weighted by Gasteiger charge is 2.13. The van der Waals surface area contributed by atoms with Crippen LogP contribution in [0.1, 0.15) is 38.4 Å². The summed E-state index contributed by atoms with van der Waals surface area (Å²) in [5.74, 6) is 2.12. The molecule has 1 aliphatic heterocycles. The van der Waals surface area contributed by atoms with Crippen molar-refractivity contribution in [3.63, 3.8) is 0 Å². The van der Waals surface area contributed by atoms with Crippen molar-refractivity contribution in [2.45, 2.75) is 45.1 Å². The Morgan fingerprint density at radius 1 is 1.44 bits per heavy atom. The summed E-state index contributed by atoms with van der Waals surface area (Å²) in [5, 5.41) is 3.30. The molecule has 0 saturated carbocycles. The Balaban J connectivity index is 1.80. The van der Waals surface area contributed by atoms with Crippen LogP contribution in [-0.2, 0) is 11.2 Å². The summed E-state index contributed by atoms with van der Waals surface area (Å²) >= 11 is 0. The van der Waals surface area contributed by atoms with Crippen LogP contribution in [0.25, 0.3) is 0 Å². The third-order valence-electron chi connectivity index (χ3n) is 3.15. The van der Waals surface area contributed by atoms with Gasteiger partial charge in [0.1, 0.15) is 17.5 Å². The molecule has 1 aliphatic rings. The number of nitrogens with zero attached hydrogens (tertiary/aromatic N) is 2. The second-order valence-electron chi connectivity index (χ2n) is 4.65. The van der Waals surface area contributed by atoms with Crippen molar-refractivity contribution in [2.24, 2.45) is 0 Å². The van der Waals surface area contributed by atoms with E-state index in [-0.39, 0.29) is 0 Å².